The lowest BCUT2D eigenvalue weighted by Crippen LogP contribution is -2.40. The van der Waals surface area contributed by atoms with Crippen LogP contribution in [0, 0.1) is 0 Å². The van der Waals surface area contributed by atoms with Crippen molar-refractivity contribution >= 4 is 28.6 Å². The minimum atomic E-state index is -0.597. The van der Waals surface area contributed by atoms with Gasteiger partial charge in [0.2, 0.25) is 17.6 Å². The van der Waals surface area contributed by atoms with Crippen LogP contribution in [0.5, 0.6) is 5.75 Å². The van der Waals surface area contributed by atoms with Crippen LogP contribution in [0.25, 0.3) is 22.7 Å². The Morgan fingerprint density at radius 1 is 1.05 bits per heavy atom. The predicted molar refractivity (Wildman–Crippen MR) is 149 cm³/mol. The van der Waals surface area contributed by atoms with Crippen molar-refractivity contribution in [2.45, 2.75) is 19.4 Å². The fourth-order valence-corrected chi connectivity index (χ4v) is 5.16. The van der Waals surface area contributed by atoms with Crippen LogP contribution in [0.3, 0.4) is 0 Å². The summed E-state index contributed by atoms with van der Waals surface area (Å²) in [7, 11) is 3.35. The summed E-state index contributed by atoms with van der Waals surface area (Å²) in [5, 5.41) is 10.8. The Bertz CT molecular complexity index is 1740. The van der Waals surface area contributed by atoms with Crippen molar-refractivity contribution in [3.8, 4) is 17.3 Å². The second-order valence-electron chi connectivity index (χ2n) is 9.68. The molecule has 196 valence electrons. The topological polar surface area (TPSA) is 105 Å². The van der Waals surface area contributed by atoms with E-state index in [0.29, 0.717) is 30.0 Å². The third kappa shape index (κ3) is 4.12. The number of para-hydroxylation sites is 2. The average molecular weight is 522 g/mol. The first-order valence-corrected chi connectivity index (χ1v) is 12.7. The Labute approximate surface area is 224 Å². The molecule has 3 aromatic carbocycles. The number of hydrogen-bond acceptors (Lipinski definition) is 7. The van der Waals surface area contributed by atoms with Gasteiger partial charge in [-0.15, -0.1) is 0 Å². The number of aromatic hydroxyl groups is 1. The van der Waals surface area contributed by atoms with E-state index in [1.807, 2.05) is 54.6 Å². The molecule has 39 heavy (non-hydrogen) atoms. The molecule has 0 bridgehead atoms. The van der Waals surface area contributed by atoms with Crippen LogP contribution in [0.4, 0.5) is 11.6 Å². The zero-order valence-corrected chi connectivity index (χ0v) is 21.8. The maximum absolute atomic E-state index is 13.3. The average Bonchev–Trinajstić information content (AvgIpc) is 3.39. The molecule has 1 aliphatic rings. The van der Waals surface area contributed by atoms with E-state index in [1.54, 1.807) is 31.1 Å². The molecule has 0 fully saturated rings. The molecule has 1 amide bonds. The Balaban J connectivity index is 1.54. The number of carbonyl (C=O) groups excluding carboxylic acids is 1. The summed E-state index contributed by atoms with van der Waals surface area (Å²) in [6, 6.07) is 23.0. The number of nitrogens with zero attached hydrogens (tertiary/aromatic N) is 5. The van der Waals surface area contributed by atoms with Crippen molar-refractivity contribution in [1.29, 1.82) is 0 Å². The quantitative estimate of drug-likeness (QED) is 0.373. The van der Waals surface area contributed by atoms with Gasteiger partial charge in [0.25, 0.3) is 11.4 Å². The summed E-state index contributed by atoms with van der Waals surface area (Å²) >= 11 is 0. The highest BCUT2D eigenvalue weighted by atomic mass is 16.4. The maximum atomic E-state index is 13.3. The van der Waals surface area contributed by atoms with Gasteiger partial charge in [-0.2, -0.15) is 0 Å². The summed E-state index contributed by atoms with van der Waals surface area (Å²) in [5.41, 5.74) is 4.49. The van der Waals surface area contributed by atoms with E-state index in [9.17, 15) is 14.7 Å². The molecule has 0 aliphatic carbocycles. The second-order valence-corrected chi connectivity index (χ2v) is 9.68. The van der Waals surface area contributed by atoms with Gasteiger partial charge in [-0.05, 0) is 47.4 Å². The van der Waals surface area contributed by atoms with Crippen molar-refractivity contribution < 1.29 is 14.3 Å². The minimum Gasteiger partial charge on any atom is -0.501 e. The molecular formula is C30H27N5O4. The van der Waals surface area contributed by atoms with Gasteiger partial charge >= 0.3 is 0 Å². The summed E-state index contributed by atoms with van der Waals surface area (Å²) in [5.74, 6) is -0.136. The highest BCUT2D eigenvalue weighted by Crippen LogP contribution is 2.40. The number of hydrogen-bond donors (Lipinski definition) is 1. The first-order valence-electron chi connectivity index (χ1n) is 12.7. The van der Waals surface area contributed by atoms with Crippen LogP contribution in [-0.2, 0) is 18.3 Å². The molecule has 0 spiro atoms. The van der Waals surface area contributed by atoms with Crippen molar-refractivity contribution in [2.75, 3.05) is 23.4 Å². The molecule has 0 radical (unpaired) electrons. The molecule has 3 heterocycles. The zero-order chi connectivity index (χ0) is 27.3. The number of benzene rings is 3. The minimum absolute atomic E-state index is 0.00743. The van der Waals surface area contributed by atoms with Crippen LogP contribution in [0.1, 0.15) is 29.7 Å². The molecule has 0 saturated carbocycles. The van der Waals surface area contributed by atoms with Gasteiger partial charge in [0.05, 0.1) is 6.04 Å². The van der Waals surface area contributed by atoms with Crippen LogP contribution in [0.15, 0.2) is 82.0 Å². The fraction of sp³-hybridized carbons (Fsp3) is 0.200. The highest BCUT2D eigenvalue weighted by Gasteiger charge is 2.33. The number of carbonyl (C=O) groups is 1. The molecule has 5 aromatic rings. The number of rotatable bonds is 4. The number of aromatic nitrogens is 3. The smallest absolute Gasteiger partial charge is 0.297 e. The summed E-state index contributed by atoms with van der Waals surface area (Å²) in [6.07, 6.45) is 0.706. The Hall–Kier alpha value is -4.92. The van der Waals surface area contributed by atoms with Gasteiger partial charge < -0.3 is 19.3 Å². The number of amides is 1. The van der Waals surface area contributed by atoms with Crippen molar-refractivity contribution in [3.63, 3.8) is 0 Å². The van der Waals surface area contributed by atoms with Gasteiger partial charge in [0.15, 0.2) is 11.3 Å². The van der Waals surface area contributed by atoms with E-state index in [1.165, 1.54) is 11.5 Å². The fourth-order valence-electron chi connectivity index (χ4n) is 5.16. The number of fused-ring (bicyclic) bond motifs is 2. The monoisotopic (exact) mass is 521 g/mol. The normalized spacial score (nSPS) is 14.8. The first-order chi connectivity index (χ1) is 18.8. The third-order valence-corrected chi connectivity index (χ3v) is 7.33. The SMILES string of the molecule is CC(=O)N(C)c1ccc2c(c1)[C@@H](c1ccccc1)N(c1nc(-c3nc4ccccc4o3)c(O)c(=O)n1C)CC2. The summed E-state index contributed by atoms with van der Waals surface area (Å²) in [4.78, 5) is 38.3. The van der Waals surface area contributed by atoms with Crippen molar-refractivity contribution in [1.82, 2.24) is 14.5 Å². The molecule has 1 N–H and O–H groups in total. The summed E-state index contributed by atoms with van der Waals surface area (Å²) in [6.45, 7) is 2.11. The summed E-state index contributed by atoms with van der Waals surface area (Å²) < 4.78 is 7.22. The van der Waals surface area contributed by atoms with E-state index in [-0.39, 0.29) is 23.5 Å². The van der Waals surface area contributed by atoms with Crippen LogP contribution in [-0.4, -0.2) is 39.1 Å². The zero-order valence-electron chi connectivity index (χ0n) is 21.8. The standard InChI is InChI=1S/C30H27N5O4/c1-18(36)33(2)21-14-13-19-15-16-35(26(22(19)17-21)20-9-5-4-6-10-20)30-32-25(27(37)29(38)34(30)3)28-31-23-11-7-8-12-24(23)39-28/h4-14,17,26,37H,15-16H2,1-3H3/t26-/m1/s1. The van der Waals surface area contributed by atoms with Crippen molar-refractivity contribution in [3.05, 3.63) is 99.8 Å². The van der Waals surface area contributed by atoms with Gasteiger partial charge in [-0.25, -0.2) is 9.97 Å². The Morgan fingerprint density at radius 3 is 2.54 bits per heavy atom. The number of anilines is 2. The van der Waals surface area contributed by atoms with Crippen molar-refractivity contribution in [2.24, 2.45) is 7.05 Å². The van der Waals surface area contributed by atoms with E-state index in [2.05, 4.69) is 16.0 Å². The second kappa shape index (κ2) is 9.43. The van der Waals surface area contributed by atoms with Crippen LogP contribution >= 0.6 is 0 Å². The molecular weight excluding hydrogens is 494 g/mol. The molecule has 9 heteroatoms. The molecule has 9 nitrogen and oxygen atoms in total. The van der Waals surface area contributed by atoms with Crippen LogP contribution in [0.2, 0.25) is 0 Å². The Kier molecular flexibility index (Phi) is 5.91. The lowest BCUT2D eigenvalue weighted by molar-refractivity contribution is -0.116. The van der Waals surface area contributed by atoms with Gasteiger partial charge in [-0.1, -0.05) is 48.5 Å². The molecule has 0 saturated heterocycles. The van der Waals surface area contributed by atoms with E-state index >= 15 is 0 Å². The first kappa shape index (κ1) is 24.4. The lowest BCUT2D eigenvalue weighted by Gasteiger charge is -2.39. The number of oxazole rings is 1. The maximum Gasteiger partial charge on any atom is 0.297 e. The largest absolute Gasteiger partial charge is 0.501 e. The van der Waals surface area contributed by atoms with Gasteiger partial charge in [0.1, 0.15) is 5.52 Å². The van der Waals surface area contributed by atoms with E-state index in [4.69, 9.17) is 9.40 Å². The van der Waals surface area contributed by atoms with Crippen LogP contribution < -0.4 is 15.4 Å². The van der Waals surface area contributed by atoms with Gasteiger partial charge in [-0.3, -0.25) is 14.2 Å². The predicted octanol–water partition coefficient (Wildman–Crippen LogP) is 4.43. The molecule has 1 aliphatic heterocycles. The molecule has 0 unspecified atom stereocenters. The molecule has 1 atom stereocenters. The molecule has 6 rings (SSSR count). The highest BCUT2D eigenvalue weighted by molar-refractivity contribution is 5.91. The van der Waals surface area contributed by atoms with Gasteiger partial charge in [0, 0.05) is 33.3 Å². The molecule has 2 aromatic heterocycles. The lowest BCUT2D eigenvalue weighted by atomic mass is 9.88. The van der Waals surface area contributed by atoms with E-state index < -0.39 is 11.3 Å². The Morgan fingerprint density at radius 2 is 1.79 bits per heavy atom. The third-order valence-electron chi connectivity index (χ3n) is 7.33. The van der Waals surface area contributed by atoms with E-state index in [0.717, 1.165) is 22.4 Å².